The quantitative estimate of drug-likeness (QED) is 0.873. The van der Waals surface area contributed by atoms with Crippen LogP contribution in [0.15, 0.2) is 24.3 Å². The molecule has 1 amide bonds. The molecule has 0 aliphatic carbocycles. The standard InChI is InChI=1S/C17H23NO4/c1-13-3-2-4-14(11-13)12-16(19)18(8-5-17(20)21)15-6-9-22-10-7-15/h2-4,11,15H,5-10,12H2,1H3,(H,20,21). The van der Waals surface area contributed by atoms with Crippen molar-refractivity contribution in [2.45, 2.75) is 38.6 Å². The average molecular weight is 305 g/mol. The van der Waals surface area contributed by atoms with Crippen LogP contribution in [0.4, 0.5) is 0 Å². The highest BCUT2D eigenvalue weighted by molar-refractivity contribution is 5.79. The van der Waals surface area contributed by atoms with Crippen LogP contribution in [0.5, 0.6) is 0 Å². The summed E-state index contributed by atoms with van der Waals surface area (Å²) in [4.78, 5) is 25.2. The second-order valence-corrected chi connectivity index (χ2v) is 5.74. The van der Waals surface area contributed by atoms with Crippen molar-refractivity contribution in [2.75, 3.05) is 19.8 Å². The molecule has 1 aromatic carbocycles. The second kappa shape index (κ2) is 7.94. The molecule has 1 aliphatic rings. The summed E-state index contributed by atoms with van der Waals surface area (Å²) in [5, 5.41) is 8.91. The summed E-state index contributed by atoms with van der Waals surface area (Å²) in [5.74, 6) is -0.876. The lowest BCUT2D eigenvalue weighted by atomic mass is 10.0. The van der Waals surface area contributed by atoms with E-state index in [1.165, 1.54) is 0 Å². The fraction of sp³-hybridized carbons (Fsp3) is 0.529. The van der Waals surface area contributed by atoms with Crippen molar-refractivity contribution in [3.8, 4) is 0 Å². The van der Waals surface area contributed by atoms with E-state index in [-0.39, 0.29) is 24.9 Å². The number of carboxylic acids is 1. The highest BCUT2D eigenvalue weighted by atomic mass is 16.5. The van der Waals surface area contributed by atoms with Crippen LogP contribution in [0.25, 0.3) is 0 Å². The largest absolute Gasteiger partial charge is 0.481 e. The van der Waals surface area contributed by atoms with Gasteiger partial charge in [0.2, 0.25) is 5.91 Å². The van der Waals surface area contributed by atoms with Crippen molar-refractivity contribution in [3.05, 3.63) is 35.4 Å². The molecule has 5 heteroatoms. The molecule has 0 bridgehead atoms. The smallest absolute Gasteiger partial charge is 0.305 e. The van der Waals surface area contributed by atoms with Crippen LogP contribution in [0.1, 0.15) is 30.4 Å². The Bertz CT molecular complexity index is 523. The molecule has 1 aliphatic heterocycles. The minimum Gasteiger partial charge on any atom is -0.481 e. The third kappa shape index (κ3) is 4.84. The molecule has 1 fully saturated rings. The van der Waals surface area contributed by atoms with E-state index in [2.05, 4.69) is 0 Å². The first-order chi connectivity index (χ1) is 10.6. The van der Waals surface area contributed by atoms with E-state index in [9.17, 15) is 9.59 Å². The summed E-state index contributed by atoms with van der Waals surface area (Å²) in [6, 6.07) is 7.95. The average Bonchev–Trinajstić information content (AvgIpc) is 2.48. The maximum Gasteiger partial charge on any atom is 0.305 e. The lowest BCUT2D eigenvalue weighted by molar-refractivity contribution is -0.140. The minimum atomic E-state index is -0.875. The van der Waals surface area contributed by atoms with Gasteiger partial charge in [-0.15, -0.1) is 0 Å². The zero-order valence-corrected chi connectivity index (χ0v) is 13.0. The number of carboxylic acid groups (broad SMARTS) is 1. The summed E-state index contributed by atoms with van der Waals surface area (Å²) < 4.78 is 5.33. The van der Waals surface area contributed by atoms with E-state index in [4.69, 9.17) is 9.84 Å². The molecule has 0 radical (unpaired) electrons. The van der Waals surface area contributed by atoms with Gasteiger partial charge in [-0.1, -0.05) is 29.8 Å². The molecule has 1 heterocycles. The van der Waals surface area contributed by atoms with Crippen molar-refractivity contribution >= 4 is 11.9 Å². The topological polar surface area (TPSA) is 66.8 Å². The highest BCUT2D eigenvalue weighted by Gasteiger charge is 2.26. The van der Waals surface area contributed by atoms with Gasteiger partial charge in [0.25, 0.3) is 0 Å². The molecular formula is C17H23NO4. The number of hydrogen-bond acceptors (Lipinski definition) is 3. The number of carbonyl (C=O) groups excluding carboxylic acids is 1. The number of aryl methyl sites for hydroxylation is 1. The van der Waals surface area contributed by atoms with Crippen LogP contribution in [0, 0.1) is 6.92 Å². The maximum absolute atomic E-state index is 12.6. The SMILES string of the molecule is Cc1cccc(CC(=O)N(CCC(=O)O)C2CCOCC2)c1. The first kappa shape index (κ1) is 16.5. The second-order valence-electron chi connectivity index (χ2n) is 5.74. The van der Waals surface area contributed by atoms with Gasteiger partial charge in [0.1, 0.15) is 0 Å². The molecule has 0 aromatic heterocycles. The third-order valence-electron chi connectivity index (χ3n) is 3.96. The number of aliphatic carboxylic acids is 1. The molecule has 1 saturated heterocycles. The molecule has 2 rings (SSSR count). The van der Waals surface area contributed by atoms with Crippen molar-refractivity contribution in [2.24, 2.45) is 0 Å². The van der Waals surface area contributed by atoms with Crippen molar-refractivity contribution < 1.29 is 19.4 Å². The Morgan fingerprint density at radius 3 is 2.68 bits per heavy atom. The summed E-state index contributed by atoms with van der Waals surface area (Å²) >= 11 is 0. The Morgan fingerprint density at radius 1 is 1.32 bits per heavy atom. The molecule has 1 aromatic rings. The Balaban J connectivity index is 2.05. The van der Waals surface area contributed by atoms with Crippen LogP contribution in [-0.2, 0) is 20.7 Å². The van der Waals surface area contributed by atoms with Gasteiger partial charge in [-0.05, 0) is 25.3 Å². The number of benzene rings is 1. The van der Waals surface area contributed by atoms with Crippen LogP contribution >= 0.6 is 0 Å². The monoisotopic (exact) mass is 305 g/mol. The van der Waals surface area contributed by atoms with Gasteiger partial charge in [0.05, 0.1) is 12.8 Å². The normalized spacial score (nSPS) is 15.5. The van der Waals surface area contributed by atoms with Crippen LogP contribution in [0.3, 0.4) is 0 Å². The Hall–Kier alpha value is -1.88. The molecule has 22 heavy (non-hydrogen) atoms. The van der Waals surface area contributed by atoms with E-state index in [0.29, 0.717) is 19.6 Å². The van der Waals surface area contributed by atoms with Gasteiger partial charge in [-0.3, -0.25) is 9.59 Å². The zero-order valence-electron chi connectivity index (χ0n) is 13.0. The van der Waals surface area contributed by atoms with Crippen LogP contribution in [0.2, 0.25) is 0 Å². The van der Waals surface area contributed by atoms with Gasteiger partial charge in [-0.25, -0.2) is 0 Å². The number of ether oxygens (including phenoxy) is 1. The Kier molecular flexibility index (Phi) is 5.95. The minimum absolute atomic E-state index is 0.00116. The summed E-state index contributed by atoms with van der Waals surface area (Å²) in [6.07, 6.45) is 1.86. The lowest BCUT2D eigenvalue weighted by Gasteiger charge is -2.34. The number of rotatable bonds is 6. The van der Waals surface area contributed by atoms with Gasteiger partial charge in [0.15, 0.2) is 0 Å². The van der Waals surface area contributed by atoms with E-state index < -0.39 is 5.97 Å². The predicted molar refractivity (Wildman–Crippen MR) is 82.7 cm³/mol. The summed E-state index contributed by atoms with van der Waals surface area (Å²) in [5.41, 5.74) is 2.09. The number of nitrogens with zero attached hydrogens (tertiary/aromatic N) is 1. The van der Waals surface area contributed by atoms with Crippen molar-refractivity contribution in [1.29, 1.82) is 0 Å². The third-order valence-corrected chi connectivity index (χ3v) is 3.96. The Morgan fingerprint density at radius 2 is 2.05 bits per heavy atom. The zero-order chi connectivity index (χ0) is 15.9. The number of carbonyl (C=O) groups is 2. The van der Waals surface area contributed by atoms with E-state index in [1.807, 2.05) is 31.2 Å². The van der Waals surface area contributed by atoms with Gasteiger partial charge < -0.3 is 14.7 Å². The van der Waals surface area contributed by atoms with E-state index >= 15 is 0 Å². The highest BCUT2D eigenvalue weighted by Crippen LogP contribution is 2.17. The fourth-order valence-electron chi connectivity index (χ4n) is 2.82. The molecule has 5 nitrogen and oxygen atoms in total. The van der Waals surface area contributed by atoms with E-state index in [0.717, 1.165) is 24.0 Å². The molecule has 0 atom stereocenters. The van der Waals surface area contributed by atoms with Gasteiger partial charge >= 0.3 is 5.97 Å². The van der Waals surface area contributed by atoms with E-state index in [1.54, 1.807) is 4.90 Å². The molecule has 1 N–H and O–H groups in total. The number of hydrogen-bond donors (Lipinski definition) is 1. The van der Waals surface area contributed by atoms with Gasteiger partial charge in [-0.2, -0.15) is 0 Å². The fourth-order valence-corrected chi connectivity index (χ4v) is 2.82. The molecule has 120 valence electrons. The first-order valence-corrected chi connectivity index (χ1v) is 7.71. The summed E-state index contributed by atoms with van der Waals surface area (Å²) in [6.45, 7) is 3.53. The molecule has 0 unspecified atom stereocenters. The maximum atomic E-state index is 12.6. The first-order valence-electron chi connectivity index (χ1n) is 7.71. The molecular weight excluding hydrogens is 282 g/mol. The Labute approximate surface area is 130 Å². The number of amides is 1. The van der Waals surface area contributed by atoms with Crippen LogP contribution in [-0.4, -0.2) is 47.7 Å². The molecule has 0 spiro atoms. The predicted octanol–water partition coefficient (Wildman–Crippen LogP) is 2.02. The van der Waals surface area contributed by atoms with Crippen molar-refractivity contribution in [1.82, 2.24) is 4.90 Å². The van der Waals surface area contributed by atoms with Crippen LogP contribution < -0.4 is 0 Å². The lowest BCUT2D eigenvalue weighted by Crippen LogP contribution is -2.45. The van der Waals surface area contributed by atoms with Crippen molar-refractivity contribution in [3.63, 3.8) is 0 Å². The molecule has 0 saturated carbocycles. The van der Waals surface area contributed by atoms with Gasteiger partial charge in [0, 0.05) is 25.8 Å². The summed E-state index contributed by atoms with van der Waals surface area (Å²) in [7, 11) is 0.